The van der Waals surface area contributed by atoms with Gasteiger partial charge in [-0.15, -0.1) is 0 Å². The van der Waals surface area contributed by atoms with Crippen LogP contribution in [0.15, 0.2) is 28.0 Å². The summed E-state index contributed by atoms with van der Waals surface area (Å²) in [7, 11) is -3.69. The molecule has 1 aromatic rings. The highest BCUT2D eigenvalue weighted by atomic mass is 32.2. The predicted octanol–water partition coefficient (Wildman–Crippen LogP) is 2.21. The van der Waals surface area contributed by atoms with Crippen molar-refractivity contribution in [3.8, 4) is 0 Å². The van der Waals surface area contributed by atoms with Crippen LogP contribution in [0.5, 0.6) is 0 Å². The first-order valence-corrected chi connectivity index (χ1v) is 11.9. The van der Waals surface area contributed by atoms with E-state index in [-0.39, 0.29) is 34.2 Å². The molecular formula is C21H33N3O4S. The van der Waals surface area contributed by atoms with Crippen molar-refractivity contribution in [2.75, 3.05) is 13.1 Å². The molecule has 8 heteroatoms. The van der Waals surface area contributed by atoms with Gasteiger partial charge in [-0.3, -0.25) is 9.59 Å². The molecule has 3 unspecified atom stereocenters. The maximum absolute atomic E-state index is 12.7. The van der Waals surface area contributed by atoms with Crippen molar-refractivity contribution in [2.45, 2.75) is 71.4 Å². The number of aromatic nitrogens is 1. The van der Waals surface area contributed by atoms with Gasteiger partial charge in [0.05, 0.1) is 4.90 Å². The predicted molar refractivity (Wildman–Crippen MR) is 112 cm³/mol. The highest BCUT2D eigenvalue weighted by Crippen LogP contribution is 2.65. The van der Waals surface area contributed by atoms with Crippen LogP contribution in [0.1, 0.15) is 53.9 Å². The Labute approximate surface area is 173 Å². The van der Waals surface area contributed by atoms with E-state index in [1.54, 1.807) is 13.8 Å². The topological polar surface area (TPSA) is 88.5 Å². The van der Waals surface area contributed by atoms with Crippen LogP contribution < -0.4 is 10.9 Å². The second-order valence-electron chi connectivity index (χ2n) is 9.15. The molecule has 2 aliphatic rings. The van der Waals surface area contributed by atoms with Gasteiger partial charge in [-0.1, -0.05) is 34.6 Å². The summed E-state index contributed by atoms with van der Waals surface area (Å²) in [6, 6.07) is 2.61. The summed E-state index contributed by atoms with van der Waals surface area (Å²) < 4.78 is 28.0. The molecule has 0 aliphatic heterocycles. The average Bonchev–Trinajstić information content (AvgIpc) is 2.97. The quantitative estimate of drug-likeness (QED) is 0.728. The fraction of sp³-hybridized carbons (Fsp3) is 0.714. The zero-order chi connectivity index (χ0) is 21.6. The summed E-state index contributed by atoms with van der Waals surface area (Å²) in [6.07, 6.45) is 4.52. The van der Waals surface area contributed by atoms with Crippen molar-refractivity contribution < 1.29 is 13.2 Å². The number of hydrogen-bond acceptors (Lipinski definition) is 4. The molecule has 0 spiro atoms. The molecule has 29 heavy (non-hydrogen) atoms. The van der Waals surface area contributed by atoms with Crippen molar-refractivity contribution in [1.82, 2.24) is 14.2 Å². The fourth-order valence-electron chi connectivity index (χ4n) is 5.31. The average molecular weight is 424 g/mol. The highest BCUT2D eigenvalue weighted by molar-refractivity contribution is 7.89. The molecule has 1 N–H and O–H groups in total. The Hall–Kier alpha value is -1.67. The number of pyridine rings is 1. The second kappa shape index (κ2) is 7.54. The van der Waals surface area contributed by atoms with E-state index in [4.69, 9.17) is 0 Å². The summed E-state index contributed by atoms with van der Waals surface area (Å²) in [5.41, 5.74) is -0.163. The van der Waals surface area contributed by atoms with Crippen LogP contribution in [0.3, 0.4) is 0 Å². The normalized spacial score (nSPS) is 28.1. The van der Waals surface area contributed by atoms with E-state index in [1.165, 1.54) is 33.6 Å². The number of sulfonamides is 1. The molecule has 0 aromatic carbocycles. The van der Waals surface area contributed by atoms with E-state index in [9.17, 15) is 18.0 Å². The van der Waals surface area contributed by atoms with Crippen LogP contribution in [0.4, 0.5) is 0 Å². The first-order chi connectivity index (χ1) is 13.5. The third-order valence-corrected chi connectivity index (χ3v) is 9.78. The number of nitrogens with zero attached hydrogens (tertiary/aromatic N) is 2. The van der Waals surface area contributed by atoms with Gasteiger partial charge < -0.3 is 9.88 Å². The number of carbonyl (C=O) groups is 1. The molecule has 2 aliphatic carbocycles. The maximum atomic E-state index is 12.7. The standard InChI is InChI=1S/C21H33N3O4S/c1-6-24(7-2)29(27,28)16-8-9-19(26)23(13-16)14-18(25)22-17-12-15-10-11-21(17,5)20(15,3)4/h8-9,13,15,17H,6-7,10-12,14H2,1-5H3,(H,22,25). The third-order valence-electron chi connectivity index (χ3n) is 7.74. The van der Waals surface area contributed by atoms with Gasteiger partial charge in [0.2, 0.25) is 15.9 Å². The van der Waals surface area contributed by atoms with Crippen LogP contribution in [0, 0.1) is 16.7 Å². The van der Waals surface area contributed by atoms with E-state index in [2.05, 4.69) is 26.1 Å². The summed E-state index contributed by atoms with van der Waals surface area (Å²) >= 11 is 0. The van der Waals surface area contributed by atoms with Crippen molar-refractivity contribution in [3.63, 3.8) is 0 Å². The lowest BCUT2D eigenvalue weighted by molar-refractivity contribution is -0.123. The Bertz CT molecular complexity index is 949. The minimum Gasteiger partial charge on any atom is -0.351 e. The first-order valence-electron chi connectivity index (χ1n) is 10.5. The molecule has 1 aromatic heterocycles. The van der Waals surface area contributed by atoms with E-state index in [1.807, 2.05) is 0 Å². The highest BCUT2D eigenvalue weighted by Gasteiger charge is 2.61. The Balaban J connectivity index is 1.77. The van der Waals surface area contributed by atoms with E-state index < -0.39 is 15.6 Å². The van der Waals surface area contributed by atoms with Gasteiger partial charge in [0.15, 0.2) is 0 Å². The number of hydrogen-bond donors (Lipinski definition) is 1. The van der Waals surface area contributed by atoms with Gasteiger partial charge in [0, 0.05) is 31.4 Å². The van der Waals surface area contributed by atoms with Crippen LogP contribution in [0.2, 0.25) is 0 Å². The summed E-state index contributed by atoms with van der Waals surface area (Å²) in [5.74, 6) is 0.349. The largest absolute Gasteiger partial charge is 0.351 e. The zero-order valence-corrected chi connectivity index (χ0v) is 18.9. The molecular weight excluding hydrogens is 390 g/mol. The van der Waals surface area contributed by atoms with Gasteiger partial charge in [-0.25, -0.2) is 8.42 Å². The molecule has 162 valence electrons. The Morgan fingerprint density at radius 2 is 1.90 bits per heavy atom. The summed E-state index contributed by atoms with van der Waals surface area (Å²) in [5, 5.41) is 3.13. The molecule has 0 saturated heterocycles. The van der Waals surface area contributed by atoms with E-state index in [0.717, 1.165) is 12.8 Å². The first kappa shape index (κ1) is 22.0. The van der Waals surface area contributed by atoms with Crippen molar-refractivity contribution in [3.05, 3.63) is 28.7 Å². The van der Waals surface area contributed by atoms with Crippen molar-refractivity contribution in [2.24, 2.45) is 16.7 Å². The van der Waals surface area contributed by atoms with Gasteiger partial charge in [-0.05, 0) is 42.1 Å². The van der Waals surface area contributed by atoms with Crippen molar-refractivity contribution in [1.29, 1.82) is 0 Å². The van der Waals surface area contributed by atoms with Crippen LogP contribution in [0.25, 0.3) is 0 Å². The minimum atomic E-state index is -3.69. The molecule has 2 bridgehead atoms. The fourth-order valence-corrected chi connectivity index (χ4v) is 6.79. The van der Waals surface area contributed by atoms with Gasteiger partial charge in [-0.2, -0.15) is 4.31 Å². The molecule has 2 saturated carbocycles. The van der Waals surface area contributed by atoms with Gasteiger partial charge in [0.1, 0.15) is 6.54 Å². The number of rotatable bonds is 7. The molecule has 1 amide bonds. The lowest BCUT2D eigenvalue weighted by atomic mass is 9.69. The Kier molecular flexibility index (Phi) is 5.73. The Morgan fingerprint density at radius 3 is 2.41 bits per heavy atom. The smallest absolute Gasteiger partial charge is 0.251 e. The summed E-state index contributed by atoms with van der Waals surface area (Å²) in [6.45, 7) is 10.8. The minimum absolute atomic E-state index is 0.0293. The molecule has 3 atom stereocenters. The molecule has 0 radical (unpaired) electrons. The van der Waals surface area contributed by atoms with E-state index in [0.29, 0.717) is 19.0 Å². The van der Waals surface area contributed by atoms with Crippen LogP contribution in [-0.4, -0.2) is 42.3 Å². The van der Waals surface area contributed by atoms with Gasteiger partial charge >= 0.3 is 0 Å². The Morgan fingerprint density at radius 1 is 1.24 bits per heavy atom. The zero-order valence-electron chi connectivity index (χ0n) is 18.1. The van der Waals surface area contributed by atoms with E-state index >= 15 is 0 Å². The second-order valence-corrected chi connectivity index (χ2v) is 11.1. The lowest BCUT2D eigenvalue weighted by Gasteiger charge is -2.39. The maximum Gasteiger partial charge on any atom is 0.251 e. The SMILES string of the molecule is CCN(CC)S(=O)(=O)c1ccc(=O)n(CC(=O)NC2CC3CCC2(C)C3(C)C)c1. The number of amides is 1. The molecule has 3 rings (SSSR count). The number of carbonyl (C=O) groups excluding carboxylic acids is 1. The third kappa shape index (κ3) is 3.54. The van der Waals surface area contributed by atoms with Crippen LogP contribution >= 0.6 is 0 Å². The summed E-state index contributed by atoms with van der Waals surface area (Å²) in [4.78, 5) is 25.0. The molecule has 1 heterocycles. The van der Waals surface area contributed by atoms with Gasteiger partial charge in [0.25, 0.3) is 5.56 Å². The van der Waals surface area contributed by atoms with Crippen LogP contribution in [-0.2, 0) is 21.4 Å². The monoisotopic (exact) mass is 423 g/mol. The van der Waals surface area contributed by atoms with Crippen molar-refractivity contribution >= 4 is 15.9 Å². The number of fused-ring (bicyclic) bond motifs is 2. The molecule has 7 nitrogen and oxygen atoms in total. The molecule has 2 fully saturated rings. The number of nitrogens with one attached hydrogen (secondary N) is 1. The lowest BCUT2D eigenvalue weighted by Crippen LogP contribution is -2.48.